The number of anilines is 2. The van der Waals surface area contributed by atoms with Crippen LogP contribution in [0.15, 0.2) is 88.5 Å². The number of benzene rings is 3. The third kappa shape index (κ3) is 7.05. The number of aromatic nitrogens is 2. The van der Waals surface area contributed by atoms with E-state index in [1.54, 1.807) is 12.1 Å². The maximum Gasteiger partial charge on any atom is 0.149 e. The molecule has 0 saturated heterocycles. The topological polar surface area (TPSA) is 107 Å². The predicted octanol–water partition coefficient (Wildman–Crippen LogP) is 6.64. The summed E-state index contributed by atoms with van der Waals surface area (Å²) >= 11 is 6.54. The van der Waals surface area contributed by atoms with Crippen molar-refractivity contribution in [1.29, 1.82) is 0 Å². The molecule has 5 rings (SSSR count). The Morgan fingerprint density at radius 1 is 1.05 bits per heavy atom. The Kier molecular flexibility index (Phi) is 8.14. The summed E-state index contributed by atoms with van der Waals surface area (Å²) in [7, 11) is -3.06. The molecule has 3 aromatic carbocycles. The zero-order chi connectivity index (χ0) is 28.1. The number of rotatable bonds is 10. The number of hydrogen-bond donors (Lipinski definition) is 1. The molecule has 40 heavy (non-hydrogen) atoms. The third-order valence-corrected chi connectivity index (χ3v) is 7.25. The second kappa shape index (κ2) is 11.9. The van der Waals surface area contributed by atoms with E-state index in [1.165, 1.54) is 24.4 Å². The first kappa shape index (κ1) is 27.4. The lowest BCUT2D eigenvalue weighted by Crippen LogP contribution is -2.05. The van der Waals surface area contributed by atoms with Crippen LogP contribution in [0.1, 0.15) is 16.9 Å². The normalized spacial score (nSPS) is 11.8. The Morgan fingerprint density at radius 2 is 1.93 bits per heavy atom. The first-order chi connectivity index (χ1) is 19.2. The van der Waals surface area contributed by atoms with Gasteiger partial charge in [0.05, 0.1) is 29.1 Å². The zero-order valence-electron chi connectivity index (χ0n) is 22.0. The summed E-state index contributed by atoms with van der Waals surface area (Å²) in [6.07, 6.45) is 4.22. The van der Waals surface area contributed by atoms with E-state index in [4.69, 9.17) is 20.8 Å². The van der Waals surface area contributed by atoms with Crippen LogP contribution in [0.2, 0.25) is 5.02 Å². The van der Waals surface area contributed by atoms with E-state index in [0.717, 1.165) is 27.7 Å². The van der Waals surface area contributed by atoms with Crippen molar-refractivity contribution in [3.8, 4) is 17.1 Å². The van der Waals surface area contributed by atoms with Gasteiger partial charge in [-0.25, -0.2) is 18.4 Å². The van der Waals surface area contributed by atoms with E-state index >= 15 is 0 Å². The molecule has 0 amide bonds. The minimum atomic E-state index is -3.06. The highest BCUT2D eigenvalue weighted by Gasteiger charge is 2.11. The van der Waals surface area contributed by atoms with Crippen LogP contribution in [0.3, 0.4) is 0 Å². The molecular weight excluding hydrogens is 548 g/mol. The largest absolute Gasteiger partial charge is 0.487 e. The summed E-state index contributed by atoms with van der Waals surface area (Å²) in [6, 6.07) is 23.1. The highest BCUT2D eigenvalue weighted by Crippen LogP contribution is 2.32. The molecule has 0 saturated carbocycles. The highest BCUT2D eigenvalue weighted by atomic mass is 35.5. The van der Waals surface area contributed by atoms with E-state index in [0.29, 0.717) is 34.7 Å². The Morgan fingerprint density at radius 3 is 2.73 bits per heavy atom. The number of nitrogens with zero attached hydrogens (tertiary/aromatic N) is 3. The molecule has 10 heteroatoms. The van der Waals surface area contributed by atoms with Gasteiger partial charge in [-0.05, 0) is 61.0 Å². The second-order valence-corrected chi connectivity index (χ2v) is 12.0. The maximum absolute atomic E-state index is 11.3. The molecule has 5 aromatic rings. The average molecular weight is 575 g/mol. The van der Waals surface area contributed by atoms with Gasteiger partial charge < -0.3 is 14.5 Å². The van der Waals surface area contributed by atoms with Gasteiger partial charge in [0.25, 0.3) is 0 Å². The Hall–Kier alpha value is -4.21. The van der Waals surface area contributed by atoms with Crippen molar-refractivity contribution in [1.82, 2.24) is 9.97 Å². The number of halogens is 1. The van der Waals surface area contributed by atoms with Crippen LogP contribution in [0.25, 0.3) is 22.2 Å². The molecule has 0 radical (unpaired) electrons. The van der Waals surface area contributed by atoms with Crippen LogP contribution in [-0.2, 0) is 16.4 Å². The van der Waals surface area contributed by atoms with Gasteiger partial charge in [-0.2, -0.15) is 0 Å². The van der Waals surface area contributed by atoms with E-state index < -0.39 is 9.84 Å². The molecule has 0 aliphatic rings. The number of aryl methyl sites for hydroxylation is 1. The van der Waals surface area contributed by atoms with Gasteiger partial charge >= 0.3 is 0 Å². The summed E-state index contributed by atoms with van der Waals surface area (Å²) in [5.41, 5.74) is 4.60. The smallest absolute Gasteiger partial charge is 0.149 e. The number of ether oxygens (including phenoxy) is 1. The molecule has 0 aliphatic heterocycles. The van der Waals surface area contributed by atoms with Crippen molar-refractivity contribution in [2.75, 3.05) is 23.9 Å². The number of nitrogens with one attached hydrogen (secondary N) is 1. The Balaban J connectivity index is 1.32. The molecule has 0 bridgehead atoms. The average Bonchev–Trinajstić information content (AvgIpc) is 3.39. The minimum Gasteiger partial charge on any atom is -0.487 e. The van der Waals surface area contributed by atoms with Crippen molar-refractivity contribution < 1.29 is 17.6 Å². The lowest BCUT2D eigenvalue weighted by molar-refractivity contribution is 0.306. The van der Waals surface area contributed by atoms with E-state index in [9.17, 15) is 8.42 Å². The summed E-state index contributed by atoms with van der Waals surface area (Å²) < 4.78 is 34.4. The summed E-state index contributed by atoms with van der Waals surface area (Å²) in [4.78, 5) is 13.0. The van der Waals surface area contributed by atoms with Gasteiger partial charge in [0.2, 0.25) is 0 Å². The van der Waals surface area contributed by atoms with E-state index in [1.807, 2.05) is 61.5 Å². The van der Waals surface area contributed by atoms with Gasteiger partial charge in [0, 0.05) is 22.9 Å². The summed E-state index contributed by atoms with van der Waals surface area (Å²) in [5.74, 6) is 2.37. The molecule has 0 atom stereocenters. The maximum atomic E-state index is 11.3. The van der Waals surface area contributed by atoms with E-state index in [2.05, 4.69) is 26.3 Å². The number of sulfone groups is 1. The fraction of sp³-hybridized carbons (Fsp3) is 0.167. The van der Waals surface area contributed by atoms with Crippen molar-refractivity contribution in [2.45, 2.75) is 13.5 Å². The van der Waals surface area contributed by atoms with Crippen molar-refractivity contribution in [2.24, 2.45) is 4.99 Å². The number of hydrogen-bond acceptors (Lipinski definition) is 8. The molecule has 2 aromatic heterocycles. The number of aliphatic imine (C=N–C) groups is 1. The number of fused-ring (bicyclic) bond motifs is 1. The SMILES string of the molecule is Cc1cccc(COc2ccc(Nc3ncnc4ccc(-c5ccc(C=NCCS(C)(=O)=O)o5)cc34)cc2Cl)c1. The first-order valence-corrected chi connectivity index (χ1v) is 14.9. The summed E-state index contributed by atoms with van der Waals surface area (Å²) in [6.45, 7) is 2.65. The van der Waals surface area contributed by atoms with Crippen LogP contribution in [0.5, 0.6) is 5.75 Å². The molecule has 0 fully saturated rings. The quantitative estimate of drug-likeness (QED) is 0.186. The fourth-order valence-electron chi connectivity index (χ4n) is 4.06. The lowest BCUT2D eigenvalue weighted by atomic mass is 10.1. The van der Waals surface area contributed by atoms with Crippen molar-refractivity contribution in [3.63, 3.8) is 0 Å². The highest BCUT2D eigenvalue weighted by molar-refractivity contribution is 7.90. The van der Waals surface area contributed by atoms with Crippen LogP contribution >= 0.6 is 11.6 Å². The molecule has 1 N–H and O–H groups in total. The molecule has 2 heterocycles. The molecule has 8 nitrogen and oxygen atoms in total. The van der Waals surface area contributed by atoms with Gasteiger partial charge in [-0.1, -0.05) is 41.4 Å². The van der Waals surface area contributed by atoms with Crippen molar-refractivity contribution >= 4 is 50.1 Å². The Labute approximate surface area is 237 Å². The van der Waals surface area contributed by atoms with Gasteiger partial charge in [0.15, 0.2) is 0 Å². The van der Waals surface area contributed by atoms with Crippen LogP contribution in [0.4, 0.5) is 11.5 Å². The number of furan rings is 1. The van der Waals surface area contributed by atoms with Crippen LogP contribution in [-0.4, -0.2) is 43.2 Å². The first-order valence-electron chi connectivity index (χ1n) is 12.5. The predicted molar refractivity (Wildman–Crippen MR) is 160 cm³/mol. The fourth-order valence-corrected chi connectivity index (χ4v) is 4.73. The van der Waals surface area contributed by atoms with Gasteiger partial charge in [-0.3, -0.25) is 4.99 Å². The standard InChI is InChI=1S/C30H27ClN4O4S/c1-20-4-3-5-21(14-20)18-38-29-10-7-23(16-26(29)31)35-30-25-15-22(6-9-27(25)33-19-34-30)28-11-8-24(39-28)17-32-12-13-40(2,36)37/h3-11,14-17,19H,12-13,18H2,1-2H3,(H,33,34,35). The van der Waals surface area contributed by atoms with Crippen molar-refractivity contribution in [3.05, 3.63) is 101 Å². The molecule has 0 aliphatic carbocycles. The second-order valence-electron chi connectivity index (χ2n) is 9.37. The molecule has 0 spiro atoms. The molecular formula is C30H27ClN4O4S. The van der Waals surface area contributed by atoms with Gasteiger partial charge in [0.1, 0.15) is 45.9 Å². The monoisotopic (exact) mass is 574 g/mol. The van der Waals surface area contributed by atoms with Crippen LogP contribution < -0.4 is 10.1 Å². The molecule has 204 valence electrons. The zero-order valence-corrected chi connectivity index (χ0v) is 23.5. The lowest BCUT2D eigenvalue weighted by Gasteiger charge is -2.12. The van der Waals surface area contributed by atoms with E-state index in [-0.39, 0.29) is 12.3 Å². The summed E-state index contributed by atoms with van der Waals surface area (Å²) in [5, 5.41) is 4.62. The molecule has 0 unspecified atom stereocenters. The third-order valence-electron chi connectivity index (χ3n) is 6.03. The van der Waals surface area contributed by atoms with Crippen LogP contribution in [0, 0.1) is 6.92 Å². The van der Waals surface area contributed by atoms with Gasteiger partial charge in [-0.15, -0.1) is 0 Å². The minimum absolute atomic E-state index is 0.00805. The Bertz CT molecular complexity index is 1800.